The summed E-state index contributed by atoms with van der Waals surface area (Å²) in [6.45, 7) is 1.14. The van der Waals surface area contributed by atoms with E-state index in [2.05, 4.69) is 15.4 Å². The average molecular weight is 392 g/mol. The molecule has 150 valence electrons. The Labute approximate surface area is 168 Å². The van der Waals surface area contributed by atoms with Crippen molar-refractivity contribution >= 4 is 16.8 Å². The molecule has 2 aliphatic rings. The Bertz CT molecular complexity index is 1110. The molecule has 1 amide bonds. The number of carbonyl (C=O) groups excluding carboxylic acids is 1. The Morgan fingerprint density at radius 3 is 2.90 bits per heavy atom. The molecule has 0 atom stereocenters. The lowest BCUT2D eigenvalue weighted by Gasteiger charge is -2.30. The van der Waals surface area contributed by atoms with Crippen LogP contribution in [0.25, 0.3) is 10.9 Å². The van der Waals surface area contributed by atoms with Crippen LogP contribution in [0.3, 0.4) is 0 Å². The van der Waals surface area contributed by atoms with Gasteiger partial charge in [-0.3, -0.25) is 9.59 Å². The van der Waals surface area contributed by atoms with Crippen LogP contribution in [-0.2, 0) is 17.8 Å². The molecule has 1 fully saturated rings. The maximum atomic E-state index is 12.6. The summed E-state index contributed by atoms with van der Waals surface area (Å²) in [5.41, 5.74) is 3.54. The molecule has 1 saturated carbocycles. The third-order valence-corrected chi connectivity index (χ3v) is 6.06. The Hall–Kier alpha value is -2.93. The van der Waals surface area contributed by atoms with Crippen LogP contribution in [-0.4, -0.2) is 33.3 Å². The lowest BCUT2D eigenvalue weighted by atomic mass is 9.91. The van der Waals surface area contributed by atoms with Gasteiger partial charge in [-0.15, -0.1) is 0 Å². The van der Waals surface area contributed by atoms with Crippen LogP contribution in [0.1, 0.15) is 53.3 Å². The van der Waals surface area contributed by atoms with Crippen LogP contribution in [0.2, 0.25) is 0 Å². The van der Waals surface area contributed by atoms with Crippen LogP contribution >= 0.6 is 0 Å². The number of aromatic nitrogens is 3. The highest BCUT2D eigenvalue weighted by Crippen LogP contribution is 2.28. The lowest BCUT2D eigenvalue weighted by Crippen LogP contribution is -2.40. The van der Waals surface area contributed by atoms with Crippen LogP contribution in [0, 0.1) is 0 Å². The van der Waals surface area contributed by atoms with E-state index >= 15 is 0 Å². The molecule has 3 aromatic rings. The molecule has 0 unspecified atom stereocenters. The normalized spacial score (nSPS) is 21.7. The molecular formula is C22H24N4O3. The van der Waals surface area contributed by atoms with Crippen LogP contribution < -0.4 is 10.9 Å². The molecule has 0 saturated heterocycles. The number of hydrogen-bond acceptors (Lipinski definition) is 4. The zero-order valence-electron chi connectivity index (χ0n) is 16.2. The van der Waals surface area contributed by atoms with Crippen molar-refractivity contribution in [3.8, 4) is 0 Å². The molecule has 1 aliphatic carbocycles. The number of hydrogen-bond donors (Lipinski definition) is 2. The lowest BCUT2D eigenvalue weighted by molar-refractivity contribution is 0.0920. The van der Waals surface area contributed by atoms with Crippen molar-refractivity contribution < 1.29 is 9.53 Å². The Kier molecular flexibility index (Phi) is 4.67. The first-order valence-electron chi connectivity index (χ1n) is 10.2. The average Bonchev–Trinajstić information content (AvgIpc) is 3.22. The number of fused-ring (bicyclic) bond motifs is 2. The fraction of sp³-hybridized carbons (Fsp3) is 0.409. The highest BCUT2D eigenvalue weighted by Gasteiger charge is 2.26. The molecule has 3 heterocycles. The smallest absolute Gasteiger partial charge is 0.267 e. The highest BCUT2D eigenvalue weighted by atomic mass is 16.5. The summed E-state index contributed by atoms with van der Waals surface area (Å²) in [6.07, 6.45) is 5.99. The molecule has 0 radical (unpaired) electrons. The SMILES string of the molecule is O=C(NC1CCC(n2nc3c(cc2=O)COCC3)CC1)c1ccc2[nH]ccc2c1. The van der Waals surface area contributed by atoms with Gasteiger partial charge in [0, 0.05) is 46.8 Å². The van der Waals surface area contributed by atoms with E-state index in [4.69, 9.17) is 4.74 Å². The first-order valence-corrected chi connectivity index (χ1v) is 10.2. The van der Waals surface area contributed by atoms with E-state index in [0.29, 0.717) is 18.8 Å². The molecule has 1 aromatic carbocycles. The summed E-state index contributed by atoms with van der Waals surface area (Å²) in [5.74, 6) is -0.0411. The van der Waals surface area contributed by atoms with Gasteiger partial charge in [0.1, 0.15) is 0 Å². The second-order valence-electron chi connectivity index (χ2n) is 7.96. The molecule has 0 spiro atoms. The Balaban J connectivity index is 1.23. The summed E-state index contributed by atoms with van der Waals surface area (Å²) in [6, 6.07) is 9.55. The van der Waals surface area contributed by atoms with E-state index < -0.39 is 0 Å². The van der Waals surface area contributed by atoms with Crippen molar-refractivity contribution in [2.75, 3.05) is 6.61 Å². The van der Waals surface area contributed by atoms with Crippen molar-refractivity contribution in [3.63, 3.8) is 0 Å². The van der Waals surface area contributed by atoms with E-state index in [1.54, 1.807) is 10.7 Å². The number of ether oxygens (including phenoxy) is 1. The van der Waals surface area contributed by atoms with Crippen molar-refractivity contribution in [2.45, 2.75) is 50.8 Å². The molecule has 2 N–H and O–H groups in total. The van der Waals surface area contributed by atoms with Gasteiger partial charge < -0.3 is 15.0 Å². The standard InChI is InChI=1S/C22H24N4O3/c27-21-12-16-13-29-10-8-20(16)25-26(21)18-4-2-17(3-5-18)24-22(28)15-1-6-19-14(11-15)7-9-23-19/h1,6-7,9,11-12,17-18,23H,2-5,8,10,13H2,(H,24,28). The molecule has 5 rings (SSSR count). The molecule has 2 aromatic heterocycles. The van der Waals surface area contributed by atoms with Gasteiger partial charge in [-0.1, -0.05) is 0 Å². The van der Waals surface area contributed by atoms with Gasteiger partial charge in [0.25, 0.3) is 11.5 Å². The number of aromatic amines is 1. The second-order valence-corrected chi connectivity index (χ2v) is 7.96. The molecule has 7 heteroatoms. The van der Waals surface area contributed by atoms with Crippen LogP contribution in [0.15, 0.2) is 41.3 Å². The number of rotatable bonds is 3. The first kappa shape index (κ1) is 18.1. The van der Waals surface area contributed by atoms with Gasteiger partial charge in [0.2, 0.25) is 0 Å². The maximum Gasteiger partial charge on any atom is 0.267 e. The van der Waals surface area contributed by atoms with Crippen LogP contribution in [0.4, 0.5) is 0 Å². The number of H-pyrrole nitrogens is 1. The first-order chi connectivity index (χ1) is 14.2. The van der Waals surface area contributed by atoms with E-state index in [1.165, 1.54) is 0 Å². The van der Waals surface area contributed by atoms with Crippen molar-refractivity contribution in [1.82, 2.24) is 20.1 Å². The van der Waals surface area contributed by atoms with Gasteiger partial charge in [-0.25, -0.2) is 4.68 Å². The molecule has 29 heavy (non-hydrogen) atoms. The quantitative estimate of drug-likeness (QED) is 0.717. The van der Waals surface area contributed by atoms with Crippen molar-refractivity contribution in [1.29, 1.82) is 0 Å². The molecular weight excluding hydrogens is 368 g/mol. The highest BCUT2D eigenvalue weighted by molar-refractivity contribution is 5.98. The molecule has 0 bridgehead atoms. The third-order valence-electron chi connectivity index (χ3n) is 6.06. The van der Waals surface area contributed by atoms with Crippen molar-refractivity contribution in [2.24, 2.45) is 0 Å². The van der Waals surface area contributed by atoms with Gasteiger partial charge in [0.05, 0.1) is 24.9 Å². The Morgan fingerprint density at radius 1 is 1.17 bits per heavy atom. The second kappa shape index (κ2) is 7.48. The zero-order chi connectivity index (χ0) is 19.8. The van der Waals surface area contributed by atoms with Crippen LogP contribution in [0.5, 0.6) is 0 Å². The zero-order valence-corrected chi connectivity index (χ0v) is 16.2. The topological polar surface area (TPSA) is 89.0 Å². The summed E-state index contributed by atoms with van der Waals surface area (Å²) in [4.78, 5) is 28.3. The minimum absolute atomic E-state index is 0.0411. The predicted octanol–water partition coefficient (Wildman–Crippen LogP) is 2.71. The van der Waals surface area contributed by atoms with Gasteiger partial charge in [-0.05, 0) is 49.9 Å². The number of benzene rings is 1. The van der Waals surface area contributed by atoms with Gasteiger partial charge in [-0.2, -0.15) is 5.10 Å². The van der Waals surface area contributed by atoms with E-state index in [9.17, 15) is 9.59 Å². The van der Waals surface area contributed by atoms with E-state index in [-0.39, 0.29) is 23.6 Å². The summed E-state index contributed by atoms with van der Waals surface area (Å²) in [7, 11) is 0. The number of nitrogens with zero attached hydrogens (tertiary/aromatic N) is 2. The van der Waals surface area contributed by atoms with E-state index in [0.717, 1.165) is 54.3 Å². The predicted molar refractivity (Wildman–Crippen MR) is 109 cm³/mol. The minimum Gasteiger partial charge on any atom is -0.376 e. The molecule has 7 nitrogen and oxygen atoms in total. The monoisotopic (exact) mass is 392 g/mol. The largest absolute Gasteiger partial charge is 0.376 e. The van der Waals surface area contributed by atoms with E-state index in [1.807, 2.05) is 30.5 Å². The van der Waals surface area contributed by atoms with Gasteiger partial charge in [0.15, 0.2) is 0 Å². The maximum absolute atomic E-state index is 12.6. The number of carbonyl (C=O) groups is 1. The summed E-state index contributed by atoms with van der Waals surface area (Å²) >= 11 is 0. The number of nitrogens with one attached hydrogen (secondary N) is 2. The summed E-state index contributed by atoms with van der Waals surface area (Å²) < 4.78 is 7.07. The third kappa shape index (κ3) is 3.58. The van der Waals surface area contributed by atoms with Crippen molar-refractivity contribution in [3.05, 3.63) is 63.7 Å². The fourth-order valence-corrected chi connectivity index (χ4v) is 4.42. The Morgan fingerprint density at radius 2 is 2.03 bits per heavy atom. The molecule has 1 aliphatic heterocycles. The minimum atomic E-state index is -0.0541. The van der Waals surface area contributed by atoms with Gasteiger partial charge >= 0.3 is 0 Å². The number of amides is 1. The summed E-state index contributed by atoms with van der Waals surface area (Å²) in [5, 5.41) is 8.81. The fourth-order valence-electron chi connectivity index (χ4n) is 4.42.